The minimum Gasteiger partial charge on any atom is -0.200 e. The number of hydrogen-bond acceptors (Lipinski definition) is 0. The molecule has 0 atom stereocenters. The van der Waals surface area contributed by atoms with Crippen molar-refractivity contribution in [2.45, 2.75) is 26.8 Å². The molecule has 1 aromatic heterocycles. The van der Waals surface area contributed by atoms with Crippen LogP contribution in [-0.4, -0.2) is 0 Å². The van der Waals surface area contributed by atoms with Gasteiger partial charge in [-0.05, 0) is 11.6 Å². The van der Waals surface area contributed by atoms with Gasteiger partial charge in [0.05, 0.1) is 0 Å². The molecule has 2 aromatic rings. The zero-order valence-corrected chi connectivity index (χ0v) is 9.98. The molecule has 1 aromatic carbocycles. The van der Waals surface area contributed by atoms with Crippen molar-refractivity contribution in [3.8, 4) is 0 Å². The van der Waals surface area contributed by atoms with Crippen LogP contribution in [-0.2, 0) is 13.0 Å². The van der Waals surface area contributed by atoms with Gasteiger partial charge >= 0.3 is 0 Å². The Morgan fingerprint density at radius 1 is 0.812 bits per heavy atom. The van der Waals surface area contributed by atoms with E-state index in [1.54, 1.807) is 0 Å². The summed E-state index contributed by atoms with van der Waals surface area (Å²) in [5, 5.41) is 0. The van der Waals surface area contributed by atoms with Crippen LogP contribution in [0.15, 0.2) is 48.5 Å². The summed E-state index contributed by atoms with van der Waals surface area (Å²) >= 11 is 0. The number of hydrogen-bond donors (Lipinski definition) is 0. The third-order valence-electron chi connectivity index (χ3n) is 2.99. The van der Waals surface area contributed by atoms with Crippen molar-refractivity contribution in [2.75, 3.05) is 0 Å². The molecule has 0 N–H and O–H groups in total. The lowest BCUT2D eigenvalue weighted by Crippen LogP contribution is -2.40. The number of aryl methyl sites for hydroxylation is 3. The van der Waals surface area contributed by atoms with Crippen LogP contribution in [0, 0.1) is 13.8 Å². The van der Waals surface area contributed by atoms with Gasteiger partial charge in [-0.25, -0.2) is 0 Å². The van der Waals surface area contributed by atoms with Crippen LogP contribution in [0.25, 0.3) is 0 Å². The van der Waals surface area contributed by atoms with Gasteiger partial charge in [0.25, 0.3) is 0 Å². The highest BCUT2D eigenvalue weighted by Gasteiger charge is 2.08. The largest absolute Gasteiger partial charge is 0.200 e. The Balaban J connectivity index is 2.11. The standard InChI is InChI=1S/C15H18N/c1-13-7-6-8-14(2)16(13)12-11-15-9-4-3-5-10-15/h3-10H,11-12H2,1-2H3/q+1. The Morgan fingerprint density at radius 3 is 2.06 bits per heavy atom. The van der Waals surface area contributed by atoms with E-state index in [0.29, 0.717) is 0 Å². The van der Waals surface area contributed by atoms with Gasteiger partial charge in [0.15, 0.2) is 17.9 Å². The molecule has 0 unspecified atom stereocenters. The average molecular weight is 212 g/mol. The maximum absolute atomic E-state index is 2.37. The maximum Gasteiger partial charge on any atom is 0.178 e. The molecule has 0 spiro atoms. The molecule has 0 saturated carbocycles. The molecule has 0 fully saturated rings. The van der Waals surface area contributed by atoms with E-state index in [2.05, 4.69) is 66.9 Å². The van der Waals surface area contributed by atoms with Crippen LogP contribution in [0.5, 0.6) is 0 Å². The first-order valence-corrected chi connectivity index (χ1v) is 5.77. The second kappa shape index (κ2) is 4.93. The molecular weight excluding hydrogens is 194 g/mol. The predicted octanol–water partition coefficient (Wildman–Crippen LogP) is 2.83. The Morgan fingerprint density at radius 2 is 1.44 bits per heavy atom. The Labute approximate surface area is 97.4 Å². The van der Waals surface area contributed by atoms with Crippen molar-refractivity contribution in [2.24, 2.45) is 0 Å². The van der Waals surface area contributed by atoms with Crippen LogP contribution in [0.4, 0.5) is 0 Å². The average Bonchev–Trinajstić information content (AvgIpc) is 2.30. The SMILES string of the molecule is Cc1cccc(C)[n+]1CCc1ccccc1. The fraction of sp³-hybridized carbons (Fsp3) is 0.267. The van der Waals surface area contributed by atoms with E-state index in [-0.39, 0.29) is 0 Å². The van der Waals surface area contributed by atoms with Gasteiger partial charge in [-0.15, -0.1) is 0 Å². The van der Waals surface area contributed by atoms with Gasteiger partial charge in [-0.2, -0.15) is 4.57 Å². The lowest BCUT2D eigenvalue weighted by atomic mass is 10.1. The lowest BCUT2D eigenvalue weighted by Gasteiger charge is -2.03. The van der Waals surface area contributed by atoms with E-state index in [0.717, 1.165) is 13.0 Å². The second-order valence-corrected chi connectivity index (χ2v) is 4.20. The molecule has 1 heterocycles. The van der Waals surface area contributed by atoms with E-state index in [1.165, 1.54) is 17.0 Å². The van der Waals surface area contributed by atoms with Gasteiger partial charge < -0.3 is 0 Å². The quantitative estimate of drug-likeness (QED) is 0.689. The molecule has 0 bridgehead atoms. The smallest absolute Gasteiger partial charge is 0.178 e. The van der Waals surface area contributed by atoms with Crippen molar-refractivity contribution in [1.82, 2.24) is 0 Å². The van der Waals surface area contributed by atoms with Crippen LogP contribution >= 0.6 is 0 Å². The highest BCUT2D eigenvalue weighted by atomic mass is 15.0. The summed E-state index contributed by atoms with van der Waals surface area (Å²) in [7, 11) is 0. The Bertz CT molecular complexity index is 440. The molecule has 1 nitrogen and oxygen atoms in total. The molecule has 0 aliphatic rings. The number of nitrogens with zero attached hydrogens (tertiary/aromatic N) is 1. The second-order valence-electron chi connectivity index (χ2n) is 4.20. The van der Waals surface area contributed by atoms with Gasteiger partial charge in [0, 0.05) is 32.4 Å². The molecule has 0 aliphatic carbocycles. The van der Waals surface area contributed by atoms with Crippen molar-refractivity contribution in [3.05, 3.63) is 65.5 Å². The van der Waals surface area contributed by atoms with Crippen LogP contribution in [0.1, 0.15) is 17.0 Å². The molecule has 0 amide bonds. The summed E-state index contributed by atoms with van der Waals surface area (Å²) < 4.78 is 2.37. The molecule has 1 heteroatoms. The number of benzene rings is 1. The van der Waals surface area contributed by atoms with Crippen molar-refractivity contribution in [3.63, 3.8) is 0 Å². The molecule has 16 heavy (non-hydrogen) atoms. The summed E-state index contributed by atoms with van der Waals surface area (Å²) in [6, 6.07) is 17.1. The number of aromatic nitrogens is 1. The number of rotatable bonds is 3. The van der Waals surface area contributed by atoms with Gasteiger partial charge in [0.1, 0.15) is 0 Å². The van der Waals surface area contributed by atoms with E-state index in [1.807, 2.05) is 0 Å². The van der Waals surface area contributed by atoms with E-state index < -0.39 is 0 Å². The molecular formula is C15H18N+. The predicted molar refractivity (Wildman–Crippen MR) is 66.3 cm³/mol. The first-order valence-electron chi connectivity index (χ1n) is 5.77. The topological polar surface area (TPSA) is 3.88 Å². The summed E-state index contributed by atoms with van der Waals surface area (Å²) in [5.41, 5.74) is 4.06. The van der Waals surface area contributed by atoms with Gasteiger partial charge in [-0.1, -0.05) is 30.3 Å². The molecule has 0 aliphatic heterocycles. The van der Waals surface area contributed by atoms with Gasteiger partial charge in [-0.3, -0.25) is 0 Å². The van der Waals surface area contributed by atoms with Crippen LogP contribution in [0.2, 0.25) is 0 Å². The zero-order chi connectivity index (χ0) is 11.4. The summed E-state index contributed by atoms with van der Waals surface area (Å²) in [6.07, 6.45) is 1.09. The maximum atomic E-state index is 2.37. The van der Waals surface area contributed by atoms with Crippen molar-refractivity contribution in [1.29, 1.82) is 0 Å². The summed E-state index contributed by atoms with van der Waals surface area (Å²) in [4.78, 5) is 0. The Kier molecular flexibility index (Phi) is 3.35. The monoisotopic (exact) mass is 212 g/mol. The van der Waals surface area contributed by atoms with E-state index in [4.69, 9.17) is 0 Å². The first kappa shape index (κ1) is 10.9. The first-order chi connectivity index (χ1) is 7.77. The highest BCUT2D eigenvalue weighted by Crippen LogP contribution is 2.01. The van der Waals surface area contributed by atoms with Crippen molar-refractivity contribution >= 4 is 0 Å². The molecule has 82 valence electrons. The minimum atomic E-state index is 1.06. The summed E-state index contributed by atoms with van der Waals surface area (Å²) in [6.45, 7) is 5.39. The van der Waals surface area contributed by atoms with Gasteiger partial charge in [0.2, 0.25) is 0 Å². The van der Waals surface area contributed by atoms with E-state index in [9.17, 15) is 0 Å². The van der Waals surface area contributed by atoms with E-state index >= 15 is 0 Å². The fourth-order valence-electron chi connectivity index (χ4n) is 2.02. The highest BCUT2D eigenvalue weighted by molar-refractivity contribution is 5.14. The van der Waals surface area contributed by atoms with Crippen molar-refractivity contribution < 1.29 is 4.57 Å². The molecule has 0 radical (unpaired) electrons. The zero-order valence-electron chi connectivity index (χ0n) is 9.98. The lowest BCUT2D eigenvalue weighted by molar-refractivity contribution is -0.708. The molecule has 0 saturated heterocycles. The fourth-order valence-corrected chi connectivity index (χ4v) is 2.02. The molecule has 2 rings (SSSR count). The Hall–Kier alpha value is -1.63. The summed E-state index contributed by atoms with van der Waals surface area (Å²) in [5.74, 6) is 0. The number of pyridine rings is 1. The normalized spacial score (nSPS) is 10.4. The van der Waals surface area contributed by atoms with Crippen LogP contribution < -0.4 is 4.57 Å². The minimum absolute atomic E-state index is 1.06. The van der Waals surface area contributed by atoms with Crippen LogP contribution in [0.3, 0.4) is 0 Å². The third kappa shape index (κ3) is 2.48. The third-order valence-corrected chi connectivity index (χ3v) is 2.99.